The number of aromatic nitrogens is 2. The van der Waals surface area contributed by atoms with Crippen LogP contribution in [0.4, 0.5) is 0 Å². The molecule has 0 saturated heterocycles. The van der Waals surface area contributed by atoms with E-state index in [1.54, 1.807) is 24.3 Å². The van der Waals surface area contributed by atoms with Gasteiger partial charge in [0.2, 0.25) is 0 Å². The second-order valence-electron chi connectivity index (χ2n) is 12.5. The molecule has 0 atom stereocenters. The quantitative estimate of drug-likeness (QED) is 0.175. The van der Waals surface area contributed by atoms with Crippen molar-refractivity contribution in [2.24, 2.45) is 0 Å². The van der Waals surface area contributed by atoms with E-state index in [2.05, 4.69) is 34.9 Å². The molecular formula is C48H30N2S. The zero-order valence-corrected chi connectivity index (χ0v) is 27.6. The molecular weight excluding hydrogens is 637 g/mol. The Bertz CT molecular complexity index is 3710. The van der Waals surface area contributed by atoms with Gasteiger partial charge < -0.3 is 9.13 Å². The third kappa shape index (κ3) is 4.29. The van der Waals surface area contributed by atoms with Gasteiger partial charge in [0.05, 0.1) is 42.8 Å². The van der Waals surface area contributed by atoms with Crippen molar-refractivity contribution in [1.29, 1.82) is 0 Å². The Kier molecular flexibility index (Phi) is 4.26. The molecule has 0 aliphatic carbocycles. The van der Waals surface area contributed by atoms with Crippen LogP contribution in [0.3, 0.4) is 0 Å². The van der Waals surface area contributed by atoms with Gasteiger partial charge in [-0.25, -0.2) is 0 Å². The maximum absolute atomic E-state index is 9.81. The lowest BCUT2D eigenvalue weighted by Gasteiger charge is -2.12. The Balaban J connectivity index is 1.21. The van der Waals surface area contributed by atoms with Crippen molar-refractivity contribution in [3.8, 4) is 33.6 Å². The molecule has 0 radical (unpaired) electrons. The number of hydrogen-bond donors (Lipinski definition) is 0. The molecule has 2 nitrogen and oxygen atoms in total. The Labute approximate surface area is 314 Å². The maximum Gasteiger partial charge on any atom is 0.0645 e. The molecule has 11 rings (SSSR count). The van der Waals surface area contributed by atoms with Crippen molar-refractivity contribution < 1.29 is 15.1 Å². The number of nitrogens with zero attached hydrogens (tertiary/aromatic N) is 2. The van der Waals surface area contributed by atoms with Crippen molar-refractivity contribution in [1.82, 2.24) is 9.13 Å². The molecule has 0 N–H and O–H groups in total. The van der Waals surface area contributed by atoms with Gasteiger partial charge in [0.1, 0.15) is 0 Å². The van der Waals surface area contributed by atoms with Crippen molar-refractivity contribution >= 4 is 75.1 Å². The zero-order valence-electron chi connectivity index (χ0n) is 37.8. The lowest BCUT2D eigenvalue weighted by Crippen LogP contribution is -1.96. The second kappa shape index (κ2) is 11.0. The summed E-state index contributed by atoms with van der Waals surface area (Å²) in [7, 11) is 0. The molecule has 11 aromatic rings. The highest BCUT2D eigenvalue weighted by atomic mass is 32.1. The maximum atomic E-state index is 9.81. The molecule has 0 spiro atoms. The molecule has 0 aliphatic rings. The highest BCUT2D eigenvalue weighted by Gasteiger charge is 2.19. The minimum atomic E-state index is -0.517. The van der Waals surface area contributed by atoms with Gasteiger partial charge in [0, 0.05) is 47.4 Å². The summed E-state index contributed by atoms with van der Waals surface area (Å²) in [6.45, 7) is 0. The van der Waals surface area contributed by atoms with Crippen LogP contribution in [0.15, 0.2) is 182 Å². The summed E-state index contributed by atoms with van der Waals surface area (Å²) in [5.41, 5.74) is 5.47. The van der Waals surface area contributed by atoms with E-state index < -0.39 is 18.1 Å². The molecule has 0 amide bonds. The summed E-state index contributed by atoms with van der Waals surface area (Å²) in [5.74, 6) is 0. The van der Waals surface area contributed by atoms with Gasteiger partial charge >= 0.3 is 0 Å². The number of thiophene rings is 1. The van der Waals surface area contributed by atoms with E-state index >= 15 is 0 Å². The monoisotopic (exact) mass is 677 g/mol. The Morgan fingerprint density at radius 1 is 0.412 bits per heavy atom. The largest absolute Gasteiger partial charge is 0.309 e. The molecule has 0 aliphatic heterocycles. The van der Waals surface area contributed by atoms with Crippen molar-refractivity contribution in [3.05, 3.63) is 182 Å². The van der Waals surface area contributed by atoms with Crippen LogP contribution in [0.5, 0.6) is 0 Å². The summed E-state index contributed by atoms with van der Waals surface area (Å²) in [6, 6.07) is 33.4. The van der Waals surface area contributed by atoms with E-state index in [0.29, 0.717) is 15.6 Å². The first-order valence-corrected chi connectivity index (χ1v) is 17.4. The van der Waals surface area contributed by atoms with E-state index in [4.69, 9.17) is 9.60 Å². The highest BCUT2D eigenvalue weighted by molar-refractivity contribution is 7.25. The fourth-order valence-electron chi connectivity index (χ4n) is 7.52. The molecule has 51 heavy (non-hydrogen) atoms. The average Bonchev–Trinajstić information content (AvgIpc) is 3.95. The van der Waals surface area contributed by atoms with Gasteiger partial charge in [-0.15, -0.1) is 11.3 Å². The number of rotatable bonds is 4. The summed E-state index contributed by atoms with van der Waals surface area (Å²) in [4.78, 5) is 0. The van der Waals surface area contributed by atoms with Crippen LogP contribution >= 0.6 is 11.3 Å². The molecule has 3 heterocycles. The standard InChI is InChI=1S/C48H30N2S/c1-2-12-31(13-3-1)32-14-10-15-33(28-32)34-24-27-46-40(29-34)48-45(22-11-23-47(48)51-46)50-43-21-9-6-18-38(43)39-30-35(25-26-44(39)50)49-41-19-7-4-16-36(41)37-17-5-8-20-42(37)49/h1-30H/i1D,2D,3D,11D,12D,13D,22D,23D,24D,27D,29D. The molecule has 8 aromatic carbocycles. The minimum Gasteiger partial charge on any atom is -0.309 e. The fourth-order valence-corrected chi connectivity index (χ4v) is 8.48. The Hall–Kier alpha value is -6.42. The normalized spacial score (nSPS) is 14.9. The van der Waals surface area contributed by atoms with Crippen molar-refractivity contribution in [2.75, 3.05) is 0 Å². The highest BCUT2D eigenvalue weighted by Crippen LogP contribution is 2.43. The summed E-state index contributed by atoms with van der Waals surface area (Å²) in [6.07, 6.45) is 0. The molecule has 0 unspecified atom stereocenters. The van der Waals surface area contributed by atoms with E-state index in [-0.39, 0.29) is 80.8 Å². The number of para-hydroxylation sites is 3. The van der Waals surface area contributed by atoms with E-state index in [1.165, 1.54) is 0 Å². The van der Waals surface area contributed by atoms with Gasteiger partial charge in [-0.3, -0.25) is 0 Å². The smallest absolute Gasteiger partial charge is 0.0645 e. The van der Waals surface area contributed by atoms with Gasteiger partial charge in [-0.05, 0) is 88.9 Å². The minimum absolute atomic E-state index is 0.0281. The lowest BCUT2D eigenvalue weighted by molar-refractivity contribution is 1.17. The topological polar surface area (TPSA) is 9.86 Å². The number of benzene rings is 8. The van der Waals surface area contributed by atoms with Crippen LogP contribution in [-0.2, 0) is 0 Å². The van der Waals surface area contributed by atoms with Crippen LogP contribution in [-0.4, -0.2) is 9.13 Å². The second-order valence-corrected chi connectivity index (χ2v) is 13.5. The number of hydrogen-bond acceptors (Lipinski definition) is 1. The van der Waals surface area contributed by atoms with Gasteiger partial charge in [-0.1, -0.05) is 115 Å². The van der Waals surface area contributed by atoms with Crippen molar-refractivity contribution in [2.45, 2.75) is 0 Å². The molecule has 3 aromatic heterocycles. The van der Waals surface area contributed by atoms with Crippen molar-refractivity contribution in [3.63, 3.8) is 0 Å². The summed E-state index contributed by atoms with van der Waals surface area (Å²) >= 11 is 1.06. The SMILES string of the molecule is [2H]c1c([2H])c([2H])c(-c2cccc(-c3c([2H])c([2H])c4sc5c([2H])c([2H])c([2H])c(-n6c7ccccc7c7cc(-n8c9ccccc9c9ccccc98)ccc76)c5c4c3[2H])c2)c([2H])c1[2H]. The van der Waals surface area contributed by atoms with Crippen LogP contribution < -0.4 is 0 Å². The van der Waals surface area contributed by atoms with Gasteiger partial charge in [0.25, 0.3) is 0 Å². The van der Waals surface area contributed by atoms with E-state index in [1.807, 2.05) is 65.2 Å². The first-order chi connectivity index (χ1) is 29.9. The van der Waals surface area contributed by atoms with Crippen LogP contribution in [0.1, 0.15) is 15.1 Å². The van der Waals surface area contributed by atoms with Gasteiger partial charge in [-0.2, -0.15) is 0 Å². The predicted octanol–water partition coefficient (Wildman–Crippen LogP) is 13.6. The van der Waals surface area contributed by atoms with E-state index in [9.17, 15) is 5.48 Å². The van der Waals surface area contributed by atoms with Gasteiger partial charge in [0.15, 0.2) is 0 Å². The van der Waals surface area contributed by atoms with Crippen LogP contribution in [0, 0.1) is 0 Å². The third-order valence-electron chi connectivity index (χ3n) is 9.71. The Morgan fingerprint density at radius 2 is 1.06 bits per heavy atom. The first-order valence-electron chi connectivity index (χ1n) is 22.0. The summed E-state index contributed by atoms with van der Waals surface area (Å²) in [5, 5.41) is 4.66. The zero-order chi connectivity index (χ0) is 43.0. The van der Waals surface area contributed by atoms with Crippen LogP contribution in [0.2, 0.25) is 0 Å². The molecule has 238 valence electrons. The summed E-state index contributed by atoms with van der Waals surface area (Å²) < 4.78 is 103. The third-order valence-corrected chi connectivity index (χ3v) is 10.7. The fraction of sp³-hybridized carbons (Fsp3) is 0. The number of fused-ring (bicyclic) bond motifs is 9. The average molecular weight is 678 g/mol. The first kappa shape index (κ1) is 19.7. The predicted molar refractivity (Wildman–Crippen MR) is 219 cm³/mol. The molecule has 0 saturated carbocycles. The Morgan fingerprint density at radius 3 is 1.80 bits per heavy atom. The molecule has 0 fully saturated rings. The van der Waals surface area contributed by atoms with Crippen LogP contribution in [0.25, 0.3) is 97.4 Å². The lowest BCUT2D eigenvalue weighted by atomic mass is 9.98. The molecule has 0 bridgehead atoms. The van der Waals surface area contributed by atoms with E-state index in [0.717, 1.165) is 60.6 Å². The molecule has 3 heteroatoms.